The van der Waals surface area contributed by atoms with Crippen LogP contribution in [0.25, 0.3) is 56.3 Å². The molecule has 0 amide bonds. The molecule has 0 saturated heterocycles. The number of benzene rings is 8. The van der Waals surface area contributed by atoms with Crippen LogP contribution in [0, 0.1) is 102 Å². The Morgan fingerprint density at radius 1 is 0.292 bits per heavy atom. The van der Waals surface area contributed by atoms with E-state index in [-0.39, 0.29) is 21.1 Å². The molecule has 0 aliphatic rings. The molecule has 0 atom stereocenters. The van der Waals surface area contributed by atoms with Gasteiger partial charge in [0.1, 0.15) is 10.4 Å². The van der Waals surface area contributed by atoms with Gasteiger partial charge in [0.05, 0.1) is 71.2 Å². The number of pyridine rings is 6. The fourth-order valence-corrected chi connectivity index (χ4v) is 24.4. The van der Waals surface area contributed by atoms with Gasteiger partial charge in [-0.05, 0) is 293 Å². The van der Waals surface area contributed by atoms with Crippen molar-refractivity contribution in [1.82, 2.24) is 29.9 Å². The molecule has 10 nitrogen and oxygen atoms in total. The summed E-state index contributed by atoms with van der Waals surface area (Å²) in [5.41, 5.74) is 32.8. The van der Waals surface area contributed by atoms with E-state index in [2.05, 4.69) is 475 Å². The summed E-state index contributed by atoms with van der Waals surface area (Å²) in [4.78, 5) is 33.4. The van der Waals surface area contributed by atoms with Crippen LogP contribution in [0.4, 0.5) is 34.1 Å². The number of rotatable bonds is 19. The van der Waals surface area contributed by atoms with Gasteiger partial charge in [-0.1, -0.05) is 241 Å². The third kappa shape index (κ3) is 28.8. The fourth-order valence-electron chi connectivity index (χ4n) is 15.9. The molecule has 6 aromatic heterocycles. The average molecular weight is 2200 g/mol. The molecule has 1 N–H and O–H groups in total. The van der Waals surface area contributed by atoms with Crippen LogP contribution in [0.5, 0.6) is 5.75 Å². The molecule has 21 heteroatoms. The molecular formula is C109H131BBr3N8O2PtSi6. The molecule has 130 heavy (non-hydrogen) atoms. The van der Waals surface area contributed by atoms with Crippen molar-refractivity contribution in [2.24, 2.45) is 0 Å². The van der Waals surface area contributed by atoms with Crippen LogP contribution >= 0.6 is 47.8 Å². The molecule has 1 radical (unpaired) electrons. The van der Waals surface area contributed by atoms with E-state index in [0.29, 0.717) is 13.4 Å². The van der Waals surface area contributed by atoms with Crippen LogP contribution in [-0.2, 0) is 21.1 Å². The third-order valence-electron chi connectivity index (χ3n) is 22.6. The maximum absolute atomic E-state index is 8.34. The average Bonchev–Trinajstić information content (AvgIpc) is 0.765. The zero-order chi connectivity index (χ0) is 94.9. The first-order valence-corrected chi connectivity index (χ1v) is 67.8. The van der Waals surface area contributed by atoms with Gasteiger partial charge in [0.2, 0.25) is 0 Å². The standard InChI is InChI=1S/C39H47N3Si2.C39H45N3Si2.C15H18BrNSi.C9H14BrNSi.C7H7BBrO2.Pt/c2*1-26-16-29(4)39(30(5)17-26)42(33-20-27(2)18-31(22-33)37-14-12-35(24-40-37)43(6,7)8)34-21-28(3)19-32(23-34)38-15-13-36(25-41-38)44(9,10)11;1-11-7-12(9-13(16)8-11)15-6-5-14(10-17-15)18(2,3)4;1-7-5-9(10)11-6-8(7)12(2,3)4;1-5-2-6(9)4-7(3-5)11-8-10;/h12-25H,1-11H3;12-21,24-25H,1-11H3;5-10H,1-4H3;5-6H,1-4H3;2-4,10H,1H3;/q;-2;;;;+2. The Balaban J connectivity index is 0.000000204. The fraction of sp³-hybridized carbons (Fsp3) is 0.284. The number of hydrogen-bond donors (Lipinski definition) is 1. The smallest absolute Gasteiger partial charge is 0.537 e. The van der Waals surface area contributed by atoms with Crippen molar-refractivity contribution in [3.63, 3.8) is 0 Å². The molecule has 0 aliphatic carbocycles. The molecule has 6 heterocycles. The van der Waals surface area contributed by atoms with Gasteiger partial charge in [0.15, 0.2) is 0 Å². The minimum absolute atomic E-state index is 0. The van der Waals surface area contributed by atoms with Gasteiger partial charge in [-0.3, -0.25) is 15.0 Å². The van der Waals surface area contributed by atoms with Gasteiger partial charge in [-0.15, -0.1) is 58.7 Å². The van der Waals surface area contributed by atoms with Crippen LogP contribution in [-0.4, -0.2) is 91.1 Å². The monoisotopic (exact) mass is 2190 g/mol. The van der Waals surface area contributed by atoms with Gasteiger partial charge in [0.25, 0.3) is 0 Å². The Hall–Kier alpha value is -8.49. The van der Waals surface area contributed by atoms with Crippen molar-refractivity contribution >= 4 is 169 Å². The molecule has 0 aliphatic heterocycles. The second kappa shape index (κ2) is 44.1. The predicted octanol–water partition coefficient (Wildman–Crippen LogP) is 28.1. The Morgan fingerprint density at radius 2 is 0.592 bits per heavy atom. The van der Waals surface area contributed by atoms with E-state index in [9.17, 15) is 0 Å². The summed E-state index contributed by atoms with van der Waals surface area (Å²) in [5, 5.41) is 16.7. The van der Waals surface area contributed by atoms with Crippen molar-refractivity contribution < 1.29 is 30.7 Å². The Morgan fingerprint density at radius 3 is 0.892 bits per heavy atom. The second-order valence-corrected chi connectivity index (χ2v) is 73.9. The van der Waals surface area contributed by atoms with E-state index in [1.165, 1.54) is 98.0 Å². The number of anilines is 6. The topological polar surface area (TPSA) is 113 Å². The molecule has 14 rings (SSSR count). The first-order valence-electron chi connectivity index (χ1n) is 44.4. The van der Waals surface area contributed by atoms with Gasteiger partial charge in [0, 0.05) is 79.9 Å². The molecule has 14 aromatic rings. The zero-order valence-corrected chi connectivity index (χ0v) is 95.4. The van der Waals surface area contributed by atoms with Crippen LogP contribution in [0.15, 0.2) is 239 Å². The normalized spacial score (nSPS) is 11.6. The van der Waals surface area contributed by atoms with Crippen molar-refractivity contribution in [2.75, 3.05) is 9.80 Å². The Kier molecular flexibility index (Phi) is 35.7. The molecule has 0 spiro atoms. The first kappa shape index (κ1) is 105. The maximum Gasteiger partial charge on any atom is 2.00 e. The van der Waals surface area contributed by atoms with Crippen LogP contribution in [0.2, 0.25) is 118 Å². The summed E-state index contributed by atoms with van der Waals surface area (Å²) in [5.74, 6) is 0.624. The minimum Gasteiger partial charge on any atom is -0.537 e. The predicted molar refractivity (Wildman–Crippen MR) is 584 cm³/mol. The molecule has 8 aromatic carbocycles. The largest absolute Gasteiger partial charge is 2.00 e. The van der Waals surface area contributed by atoms with Gasteiger partial charge >= 0.3 is 28.8 Å². The van der Waals surface area contributed by atoms with Crippen molar-refractivity contribution in [2.45, 2.75) is 208 Å². The number of aryl methyl sites for hydroxylation is 13. The summed E-state index contributed by atoms with van der Waals surface area (Å²) >= 11 is 10.2. The van der Waals surface area contributed by atoms with E-state index in [4.69, 9.17) is 29.6 Å². The Bertz CT molecular complexity index is 5710. The summed E-state index contributed by atoms with van der Waals surface area (Å²) < 4.78 is 7.74. The van der Waals surface area contributed by atoms with E-state index in [0.717, 1.165) is 109 Å². The molecule has 0 bridgehead atoms. The molecule has 0 fully saturated rings. The van der Waals surface area contributed by atoms with Crippen LogP contribution in [0.1, 0.15) is 72.3 Å². The second-order valence-electron chi connectivity index (χ2n) is 40.9. The van der Waals surface area contributed by atoms with Crippen molar-refractivity contribution in [3.05, 3.63) is 323 Å². The summed E-state index contributed by atoms with van der Waals surface area (Å²) in [6, 6.07) is 75.3. The van der Waals surface area contributed by atoms with Gasteiger partial charge < -0.3 is 29.4 Å². The van der Waals surface area contributed by atoms with Crippen molar-refractivity contribution in [1.29, 1.82) is 0 Å². The van der Waals surface area contributed by atoms with E-state index in [1.807, 2.05) is 31.5 Å². The minimum atomic E-state index is -1.44. The summed E-state index contributed by atoms with van der Waals surface area (Å²) in [6.45, 7) is 70.4. The molecule has 0 saturated carbocycles. The number of nitrogens with zero attached hydrogens (tertiary/aromatic N) is 8. The van der Waals surface area contributed by atoms with Crippen molar-refractivity contribution in [3.8, 4) is 62.0 Å². The number of halogens is 3. The maximum atomic E-state index is 8.34. The third-order valence-corrected chi connectivity index (χ3v) is 36.2. The number of aromatic nitrogens is 6. The van der Waals surface area contributed by atoms with Gasteiger partial charge in [-0.25, -0.2) is 4.98 Å². The van der Waals surface area contributed by atoms with Crippen LogP contribution in [0.3, 0.4) is 0 Å². The zero-order valence-electron chi connectivity index (χ0n) is 82.3. The van der Waals surface area contributed by atoms with E-state index in [1.54, 1.807) is 6.07 Å². The summed E-state index contributed by atoms with van der Waals surface area (Å²) in [7, 11) is -7.51. The Labute approximate surface area is 825 Å². The van der Waals surface area contributed by atoms with Crippen LogP contribution < -0.4 is 45.6 Å². The van der Waals surface area contributed by atoms with Gasteiger partial charge in [-0.2, -0.15) is 0 Å². The molecule has 0 unspecified atom stereocenters. The molecule has 677 valence electrons. The SMILES string of the molecule is Cc1cc(-c2ccc([Si](C)(C)C)cn2)[c-]c(N(c2[c-]c(-c3ccc([Si](C)(C)C)cn3)cc(C)c2)c2c(C)cc(C)cc2C)c1.Cc1cc(-c2ccc([Si](C)(C)C)cn2)cc(N(c2cc(C)cc(-c3ccc([Si](C)(C)C)cn3)c2)c2c(C)cc(C)cc2C)c1.Cc1cc(Br)cc(-c2ccc([Si](C)(C)C)cn2)c1.Cc1cc(Br)cc(O[B]O)c1.Cc1cc(Br)ncc1[Si](C)(C)C.[Pt+2]. The number of hydrogen-bond acceptors (Lipinski definition) is 10. The van der Waals surface area contributed by atoms with E-state index < -0.39 is 48.4 Å². The molecular weight excluding hydrogens is 2070 g/mol. The summed E-state index contributed by atoms with van der Waals surface area (Å²) in [6.07, 6.45) is 12.3. The van der Waals surface area contributed by atoms with E-state index >= 15 is 0 Å². The quantitative estimate of drug-likeness (QED) is 0.0477. The first-order chi connectivity index (χ1) is 60.2.